The Morgan fingerprint density at radius 3 is 2.57 bits per heavy atom. The Balaban J connectivity index is 2.61. The van der Waals surface area contributed by atoms with Crippen molar-refractivity contribution in [2.75, 3.05) is 6.61 Å². The van der Waals surface area contributed by atoms with Gasteiger partial charge in [-0.25, -0.2) is 4.79 Å². The first-order valence-electron chi connectivity index (χ1n) is 6.75. The number of aromatic hydroxyl groups is 1. The molecule has 0 bridgehead atoms. The number of nitrogens with zero attached hydrogens (tertiary/aromatic N) is 3. The number of aromatic nitrogens is 3. The van der Waals surface area contributed by atoms with Gasteiger partial charge in [0.05, 0.1) is 30.2 Å². The van der Waals surface area contributed by atoms with Gasteiger partial charge in [0.2, 0.25) is 0 Å². The van der Waals surface area contributed by atoms with Crippen LogP contribution in [0, 0.1) is 0 Å². The number of carbonyl (C=O) groups excluding carboxylic acids is 1. The van der Waals surface area contributed by atoms with Crippen molar-refractivity contribution in [3.05, 3.63) is 30.1 Å². The highest BCUT2D eigenvalue weighted by molar-refractivity contribution is 5.95. The summed E-state index contributed by atoms with van der Waals surface area (Å²) in [4.78, 5) is 16.3. The molecule has 0 unspecified atom stereocenters. The summed E-state index contributed by atoms with van der Waals surface area (Å²) in [5.74, 6) is -0.365. The molecule has 6 heteroatoms. The fraction of sp³-hybridized carbons (Fsp3) is 0.400. The second kappa shape index (κ2) is 5.55. The summed E-state index contributed by atoms with van der Waals surface area (Å²) < 4.78 is 6.81. The maximum absolute atomic E-state index is 12.1. The smallest absolute Gasteiger partial charge is 0.342 e. The van der Waals surface area contributed by atoms with Gasteiger partial charge in [0.25, 0.3) is 0 Å². The van der Waals surface area contributed by atoms with Crippen LogP contribution in [-0.2, 0) is 10.3 Å². The number of pyridine rings is 1. The lowest BCUT2D eigenvalue weighted by atomic mass is 10.1. The molecule has 1 N–H and O–H groups in total. The monoisotopic (exact) mass is 289 g/mol. The minimum Gasteiger partial charge on any atom is -0.506 e. The maximum atomic E-state index is 12.1. The van der Waals surface area contributed by atoms with Crippen LogP contribution in [0.4, 0.5) is 0 Å². The van der Waals surface area contributed by atoms with Crippen LogP contribution < -0.4 is 0 Å². The number of ether oxygens (including phenoxy) is 1. The molecule has 0 aliphatic carbocycles. The first kappa shape index (κ1) is 15.0. The van der Waals surface area contributed by atoms with Crippen LogP contribution in [0.25, 0.3) is 11.4 Å². The van der Waals surface area contributed by atoms with E-state index in [9.17, 15) is 9.90 Å². The topological polar surface area (TPSA) is 77.2 Å². The molecule has 21 heavy (non-hydrogen) atoms. The van der Waals surface area contributed by atoms with Gasteiger partial charge in [0.15, 0.2) is 0 Å². The van der Waals surface area contributed by atoms with Crippen molar-refractivity contribution in [3.8, 4) is 17.1 Å². The number of esters is 1. The summed E-state index contributed by atoms with van der Waals surface area (Å²) in [5.41, 5.74) is 1.19. The summed E-state index contributed by atoms with van der Waals surface area (Å²) in [6, 6.07) is 3.18. The molecular formula is C15H19N3O3. The van der Waals surface area contributed by atoms with Gasteiger partial charge in [-0.3, -0.25) is 9.67 Å². The quantitative estimate of drug-likeness (QED) is 0.879. The van der Waals surface area contributed by atoms with Crippen LogP contribution in [0.5, 0.6) is 5.75 Å². The number of rotatable bonds is 3. The molecule has 0 spiro atoms. The van der Waals surface area contributed by atoms with Gasteiger partial charge in [-0.2, -0.15) is 5.10 Å². The Morgan fingerprint density at radius 1 is 1.33 bits per heavy atom. The van der Waals surface area contributed by atoms with Crippen molar-refractivity contribution in [3.63, 3.8) is 0 Å². The fourth-order valence-corrected chi connectivity index (χ4v) is 1.99. The molecule has 2 heterocycles. The highest BCUT2D eigenvalue weighted by Crippen LogP contribution is 2.28. The van der Waals surface area contributed by atoms with E-state index < -0.39 is 5.97 Å². The summed E-state index contributed by atoms with van der Waals surface area (Å²) in [5, 5.41) is 13.7. The Morgan fingerprint density at radius 2 is 2.05 bits per heavy atom. The minimum atomic E-state index is -0.433. The van der Waals surface area contributed by atoms with E-state index >= 15 is 0 Å². The van der Waals surface area contributed by atoms with Crippen LogP contribution in [0.3, 0.4) is 0 Å². The van der Waals surface area contributed by atoms with Crippen molar-refractivity contribution >= 4 is 5.97 Å². The van der Waals surface area contributed by atoms with E-state index in [0.717, 1.165) is 0 Å². The summed E-state index contributed by atoms with van der Waals surface area (Å²) in [6.45, 7) is 8.00. The molecule has 0 atom stereocenters. The normalized spacial score (nSPS) is 11.4. The largest absolute Gasteiger partial charge is 0.506 e. The summed E-state index contributed by atoms with van der Waals surface area (Å²) in [6.07, 6.45) is 2.83. The molecule has 0 aliphatic rings. The SMILES string of the molecule is CCOC(=O)c1cnn(C(C)(C)C)c1-c1ccc(O)cn1. The molecule has 0 fully saturated rings. The van der Waals surface area contributed by atoms with Gasteiger partial charge < -0.3 is 9.84 Å². The predicted octanol–water partition coefficient (Wildman–Crippen LogP) is 2.58. The van der Waals surface area contributed by atoms with E-state index in [1.54, 1.807) is 17.7 Å². The second-order valence-corrected chi connectivity index (χ2v) is 5.61. The molecule has 6 nitrogen and oxygen atoms in total. The highest BCUT2D eigenvalue weighted by atomic mass is 16.5. The van der Waals surface area contributed by atoms with Crippen LogP contribution in [0.2, 0.25) is 0 Å². The third-order valence-corrected chi connectivity index (χ3v) is 2.89. The molecule has 2 aromatic heterocycles. The lowest BCUT2D eigenvalue weighted by Crippen LogP contribution is -2.24. The van der Waals surface area contributed by atoms with E-state index in [4.69, 9.17) is 4.74 Å². The van der Waals surface area contributed by atoms with Crippen LogP contribution in [0.1, 0.15) is 38.1 Å². The van der Waals surface area contributed by atoms with Crippen molar-refractivity contribution in [1.82, 2.24) is 14.8 Å². The number of hydrogen-bond acceptors (Lipinski definition) is 5. The van der Waals surface area contributed by atoms with Gasteiger partial charge >= 0.3 is 5.97 Å². The van der Waals surface area contributed by atoms with Gasteiger partial charge in [-0.15, -0.1) is 0 Å². The molecule has 112 valence electrons. The third-order valence-electron chi connectivity index (χ3n) is 2.89. The first-order valence-corrected chi connectivity index (χ1v) is 6.75. The van der Waals surface area contributed by atoms with E-state index in [2.05, 4.69) is 10.1 Å². The van der Waals surface area contributed by atoms with Crippen molar-refractivity contribution < 1.29 is 14.6 Å². The zero-order valence-corrected chi connectivity index (χ0v) is 12.6. The lowest BCUT2D eigenvalue weighted by molar-refractivity contribution is 0.0527. The molecule has 0 radical (unpaired) electrons. The van der Waals surface area contributed by atoms with Crippen LogP contribution in [-0.4, -0.2) is 32.4 Å². The summed E-state index contributed by atoms with van der Waals surface area (Å²) >= 11 is 0. The first-order chi connectivity index (χ1) is 9.84. The van der Waals surface area contributed by atoms with Crippen molar-refractivity contribution in [2.24, 2.45) is 0 Å². The Labute approximate surface area is 123 Å². The van der Waals surface area contributed by atoms with Gasteiger partial charge in [-0.05, 0) is 39.8 Å². The zero-order chi connectivity index (χ0) is 15.6. The van der Waals surface area contributed by atoms with Crippen molar-refractivity contribution in [1.29, 1.82) is 0 Å². The standard InChI is InChI=1S/C15H19N3O3/c1-5-21-14(20)11-9-17-18(15(2,3)4)13(11)12-7-6-10(19)8-16-12/h6-9,19H,5H2,1-4H3. The second-order valence-electron chi connectivity index (χ2n) is 5.61. The fourth-order valence-electron chi connectivity index (χ4n) is 1.99. The predicted molar refractivity (Wildman–Crippen MR) is 78.1 cm³/mol. The number of hydrogen-bond donors (Lipinski definition) is 1. The van der Waals surface area contributed by atoms with Gasteiger partial charge in [0.1, 0.15) is 17.0 Å². The Kier molecular flexibility index (Phi) is 3.97. The van der Waals surface area contributed by atoms with Gasteiger partial charge in [0, 0.05) is 0 Å². The Bertz CT molecular complexity index is 639. The minimum absolute atomic E-state index is 0.0678. The highest BCUT2D eigenvalue weighted by Gasteiger charge is 2.26. The number of carbonyl (C=O) groups is 1. The summed E-state index contributed by atoms with van der Waals surface area (Å²) in [7, 11) is 0. The molecule has 0 saturated carbocycles. The van der Waals surface area contributed by atoms with E-state index in [1.807, 2.05) is 20.8 Å². The molecular weight excluding hydrogens is 270 g/mol. The lowest BCUT2D eigenvalue weighted by Gasteiger charge is -2.22. The van der Waals surface area contributed by atoms with E-state index in [0.29, 0.717) is 23.6 Å². The molecule has 0 aliphatic heterocycles. The average molecular weight is 289 g/mol. The molecule has 0 amide bonds. The van der Waals surface area contributed by atoms with Crippen LogP contribution >= 0.6 is 0 Å². The van der Waals surface area contributed by atoms with E-state index in [-0.39, 0.29) is 11.3 Å². The van der Waals surface area contributed by atoms with Crippen molar-refractivity contribution in [2.45, 2.75) is 33.2 Å². The molecule has 2 aromatic rings. The van der Waals surface area contributed by atoms with Gasteiger partial charge in [-0.1, -0.05) is 0 Å². The van der Waals surface area contributed by atoms with E-state index in [1.165, 1.54) is 18.5 Å². The Hall–Kier alpha value is -2.37. The molecule has 0 aromatic carbocycles. The van der Waals surface area contributed by atoms with Crippen LogP contribution in [0.15, 0.2) is 24.5 Å². The maximum Gasteiger partial charge on any atom is 0.342 e. The third kappa shape index (κ3) is 3.04. The average Bonchev–Trinajstić information content (AvgIpc) is 2.84. The molecule has 2 rings (SSSR count). The molecule has 0 saturated heterocycles. The zero-order valence-electron chi connectivity index (χ0n) is 12.6.